The Morgan fingerprint density at radius 2 is 1.56 bits per heavy atom. The fourth-order valence-electron chi connectivity index (χ4n) is 3.08. The molecule has 0 spiro atoms. The van der Waals surface area contributed by atoms with Crippen molar-refractivity contribution in [3.05, 3.63) is 54.6 Å². The van der Waals surface area contributed by atoms with Crippen LogP contribution in [0, 0.1) is 5.92 Å². The zero-order chi connectivity index (χ0) is 19.1. The first-order valence-electron chi connectivity index (χ1n) is 9.35. The molecule has 0 aromatic heterocycles. The van der Waals surface area contributed by atoms with E-state index in [0.717, 1.165) is 24.7 Å². The molecule has 1 heterocycles. The fraction of sp³-hybridized carbons (Fsp3) is 0.333. The largest absolute Gasteiger partial charge is 0.372 e. The van der Waals surface area contributed by atoms with E-state index < -0.39 is 6.03 Å². The summed E-state index contributed by atoms with van der Waals surface area (Å²) in [5.74, 6) is 0.532. The number of anilines is 3. The van der Waals surface area contributed by atoms with Gasteiger partial charge in [0, 0.05) is 30.2 Å². The Bertz CT molecular complexity index is 754. The van der Waals surface area contributed by atoms with Crippen molar-refractivity contribution in [3.63, 3.8) is 0 Å². The van der Waals surface area contributed by atoms with Crippen molar-refractivity contribution < 1.29 is 9.59 Å². The van der Waals surface area contributed by atoms with E-state index in [2.05, 4.69) is 27.8 Å². The number of benzene rings is 2. The van der Waals surface area contributed by atoms with Crippen molar-refractivity contribution in [1.82, 2.24) is 5.32 Å². The molecular weight excluding hydrogens is 340 g/mol. The van der Waals surface area contributed by atoms with E-state index in [4.69, 9.17) is 0 Å². The first kappa shape index (κ1) is 18.8. The summed E-state index contributed by atoms with van der Waals surface area (Å²) in [7, 11) is 0. The number of hydrogen-bond donors (Lipinski definition) is 3. The highest BCUT2D eigenvalue weighted by atomic mass is 16.2. The lowest BCUT2D eigenvalue weighted by molar-refractivity contribution is -0.115. The summed E-state index contributed by atoms with van der Waals surface area (Å²) in [4.78, 5) is 26.2. The van der Waals surface area contributed by atoms with Crippen LogP contribution in [-0.2, 0) is 4.79 Å². The lowest BCUT2D eigenvalue weighted by Crippen LogP contribution is -2.35. The number of hydrogen-bond acceptors (Lipinski definition) is 3. The van der Waals surface area contributed by atoms with Gasteiger partial charge in [-0.2, -0.15) is 0 Å². The van der Waals surface area contributed by atoms with Gasteiger partial charge >= 0.3 is 6.03 Å². The van der Waals surface area contributed by atoms with E-state index >= 15 is 0 Å². The van der Waals surface area contributed by atoms with Crippen LogP contribution in [0.2, 0.25) is 0 Å². The minimum atomic E-state index is -0.411. The molecule has 1 saturated heterocycles. The quantitative estimate of drug-likeness (QED) is 0.756. The maximum absolute atomic E-state index is 12.0. The molecule has 6 nitrogen and oxygen atoms in total. The number of carbonyl (C=O) groups is 2. The van der Waals surface area contributed by atoms with E-state index in [9.17, 15) is 9.59 Å². The smallest absolute Gasteiger partial charge is 0.319 e. The monoisotopic (exact) mass is 366 g/mol. The minimum absolute atomic E-state index is 0.0928. The van der Waals surface area contributed by atoms with Crippen LogP contribution in [0.1, 0.15) is 19.8 Å². The topological polar surface area (TPSA) is 73.5 Å². The van der Waals surface area contributed by atoms with Crippen LogP contribution in [0.3, 0.4) is 0 Å². The SMILES string of the molecule is CC1CCN(c2ccc(NC(=O)CNC(=O)Nc3ccccc3)cc2)CC1. The van der Waals surface area contributed by atoms with Crippen LogP contribution >= 0.6 is 0 Å². The third-order valence-corrected chi connectivity index (χ3v) is 4.74. The number of piperidine rings is 1. The zero-order valence-corrected chi connectivity index (χ0v) is 15.6. The number of nitrogens with one attached hydrogen (secondary N) is 3. The number of amides is 3. The molecule has 0 bridgehead atoms. The number of carbonyl (C=O) groups excluding carboxylic acids is 2. The molecule has 2 aromatic rings. The highest BCUT2D eigenvalue weighted by Crippen LogP contribution is 2.24. The van der Waals surface area contributed by atoms with E-state index in [-0.39, 0.29) is 12.5 Å². The average molecular weight is 366 g/mol. The van der Waals surface area contributed by atoms with Crippen LogP contribution in [0.4, 0.5) is 21.9 Å². The second-order valence-electron chi connectivity index (χ2n) is 6.94. The lowest BCUT2D eigenvalue weighted by atomic mass is 9.99. The summed E-state index contributed by atoms with van der Waals surface area (Å²) in [6.07, 6.45) is 2.43. The number of nitrogens with zero attached hydrogens (tertiary/aromatic N) is 1. The Balaban J connectivity index is 1.43. The Labute approximate surface area is 159 Å². The maximum atomic E-state index is 12.0. The maximum Gasteiger partial charge on any atom is 0.319 e. The molecule has 1 aliphatic rings. The van der Waals surface area contributed by atoms with Gasteiger partial charge < -0.3 is 20.9 Å². The van der Waals surface area contributed by atoms with E-state index in [1.165, 1.54) is 18.5 Å². The molecule has 0 radical (unpaired) electrons. The molecule has 3 amide bonds. The molecule has 1 aliphatic heterocycles. The standard InChI is InChI=1S/C21H26N4O2/c1-16-11-13-25(14-12-16)19-9-7-18(8-10-19)23-20(26)15-22-21(27)24-17-5-3-2-4-6-17/h2-10,16H,11-15H2,1H3,(H,23,26)(H2,22,24,27). The summed E-state index contributed by atoms with van der Waals surface area (Å²) in [6.45, 7) is 4.36. The van der Waals surface area contributed by atoms with Gasteiger partial charge in [-0.1, -0.05) is 25.1 Å². The predicted molar refractivity (Wildman–Crippen MR) is 109 cm³/mol. The summed E-state index contributed by atoms with van der Waals surface area (Å²) in [5.41, 5.74) is 2.58. The van der Waals surface area contributed by atoms with Gasteiger partial charge in [-0.25, -0.2) is 4.79 Å². The van der Waals surface area contributed by atoms with E-state index in [1.54, 1.807) is 12.1 Å². The van der Waals surface area contributed by atoms with Crippen LogP contribution in [0.5, 0.6) is 0 Å². The Morgan fingerprint density at radius 3 is 2.22 bits per heavy atom. The Morgan fingerprint density at radius 1 is 0.926 bits per heavy atom. The molecule has 27 heavy (non-hydrogen) atoms. The summed E-state index contributed by atoms with van der Waals surface area (Å²) < 4.78 is 0. The normalized spacial score (nSPS) is 14.5. The zero-order valence-electron chi connectivity index (χ0n) is 15.6. The molecule has 1 fully saturated rings. The second-order valence-corrected chi connectivity index (χ2v) is 6.94. The van der Waals surface area contributed by atoms with E-state index in [0.29, 0.717) is 5.69 Å². The van der Waals surface area contributed by atoms with Gasteiger partial charge in [-0.3, -0.25) is 4.79 Å². The van der Waals surface area contributed by atoms with Crippen molar-refractivity contribution in [3.8, 4) is 0 Å². The number of urea groups is 1. The summed E-state index contributed by atoms with van der Waals surface area (Å²) >= 11 is 0. The molecule has 3 rings (SSSR count). The molecule has 6 heteroatoms. The van der Waals surface area contributed by atoms with E-state index in [1.807, 2.05) is 42.5 Å². The Hall–Kier alpha value is -3.02. The van der Waals surface area contributed by atoms with Crippen molar-refractivity contribution in [2.75, 3.05) is 35.2 Å². The van der Waals surface area contributed by atoms with Gasteiger partial charge in [-0.15, -0.1) is 0 Å². The van der Waals surface area contributed by atoms with Gasteiger partial charge in [0.2, 0.25) is 5.91 Å². The average Bonchev–Trinajstić information content (AvgIpc) is 2.68. The molecular formula is C21H26N4O2. The van der Waals surface area contributed by atoms with Crippen LogP contribution in [0.15, 0.2) is 54.6 Å². The van der Waals surface area contributed by atoms with Crippen molar-refractivity contribution in [1.29, 1.82) is 0 Å². The van der Waals surface area contributed by atoms with Gasteiger partial charge in [0.15, 0.2) is 0 Å². The Kier molecular flexibility index (Phi) is 6.30. The van der Waals surface area contributed by atoms with Gasteiger partial charge in [0.05, 0.1) is 6.54 Å². The second kappa shape index (κ2) is 9.07. The van der Waals surface area contributed by atoms with Crippen molar-refractivity contribution in [2.45, 2.75) is 19.8 Å². The highest BCUT2D eigenvalue weighted by molar-refractivity contribution is 5.97. The first-order chi connectivity index (χ1) is 13.1. The number of para-hydroxylation sites is 1. The molecule has 3 N–H and O–H groups in total. The molecule has 142 valence electrons. The summed E-state index contributed by atoms with van der Waals surface area (Å²) in [5, 5.41) is 8.02. The highest BCUT2D eigenvalue weighted by Gasteiger charge is 2.16. The van der Waals surface area contributed by atoms with Crippen LogP contribution in [0.25, 0.3) is 0 Å². The van der Waals surface area contributed by atoms with Crippen molar-refractivity contribution >= 4 is 29.0 Å². The first-order valence-corrected chi connectivity index (χ1v) is 9.35. The van der Waals surface area contributed by atoms with Crippen LogP contribution in [-0.4, -0.2) is 31.6 Å². The van der Waals surface area contributed by atoms with Gasteiger partial charge in [0.1, 0.15) is 0 Å². The fourth-order valence-corrected chi connectivity index (χ4v) is 3.08. The molecule has 0 aliphatic carbocycles. The third kappa shape index (κ3) is 5.74. The molecule has 0 saturated carbocycles. The molecule has 0 atom stereocenters. The number of rotatable bonds is 5. The minimum Gasteiger partial charge on any atom is -0.372 e. The van der Waals surface area contributed by atoms with Crippen molar-refractivity contribution in [2.24, 2.45) is 5.92 Å². The predicted octanol–water partition coefficient (Wildman–Crippen LogP) is 3.68. The van der Waals surface area contributed by atoms with Gasteiger partial charge in [0.25, 0.3) is 0 Å². The third-order valence-electron chi connectivity index (χ3n) is 4.74. The van der Waals surface area contributed by atoms with Crippen LogP contribution < -0.4 is 20.9 Å². The lowest BCUT2D eigenvalue weighted by Gasteiger charge is -2.32. The molecule has 0 unspecified atom stereocenters. The van der Waals surface area contributed by atoms with Gasteiger partial charge in [-0.05, 0) is 55.2 Å². The molecule has 2 aromatic carbocycles. The summed E-state index contributed by atoms with van der Waals surface area (Å²) in [6, 6.07) is 16.5.